The summed E-state index contributed by atoms with van der Waals surface area (Å²) in [5.41, 5.74) is 5.68. The molecule has 0 radical (unpaired) electrons. The first-order valence-corrected chi connectivity index (χ1v) is 7.70. The Labute approximate surface area is 128 Å². The smallest absolute Gasteiger partial charge is 0.167 e. The molecule has 2 aromatic rings. The van der Waals surface area contributed by atoms with Gasteiger partial charge in [-0.1, -0.05) is 53.2 Å². The highest BCUT2D eigenvalue weighted by molar-refractivity contribution is 9.10. The predicted molar refractivity (Wildman–Crippen MR) is 85.4 cm³/mol. The summed E-state index contributed by atoms with van der Waals surface area (Å²) in [6, 6.07) is 12.4. The van der Waals surface area contributed by atoms with Gasteiger partial charge in [0.2, 0.25) is 0 Å². The van der Waals surface area contributed by atoms with Gasteiger partial charge in [0, 0.05) is 21.9 Å². The molecule has 0 aromatic heterocycles. The van der Waals surface area contributed by atoms with Crippen molar-refractivity contribution in [2.45, 2.75) is 26.7 Å². The molecule has 2 aromatic carbocycles. The first-order valence-electron chi connectivity index (χ1n) is 6.91. The first kappa shape index (κ1) is 13.6. The van der Waals surface area contributed by atoms with Crippen LogP contribution in [0.1, 0.15) is 45.5 Å². The van der Waals surface area contributed by atoms with Crippen LogP contribution in [0.2, 0.25) is 0 Å². The lowest BCUT2D eigenvalue weighted by Gasteiger charge is -2.19. The Morgan fingerprint density at radius 1 is 1.00 bits per heavy atom. The van der Waals surface area contributed by atoms with Gasteiger partial charge in [0.15, 0.2) is 5.78 Å². The number of benzene rings is 2. The van der Waals surface area contributed by atoms with Gasteiger partial charge in [-0.15, -0.1) is 0 Å². The predicted octanol–water partition coefficient (Wildman–Crippen LogP) is 5.03. The lowest BCUT2D eigenvalue weighted by atomic mass is 9.85. The average Bonchev–Trinajstić information content (AvgIpc) is 2.69. The summed E-state index contributed by atoms with van der Waals surface area (Å²) >= 11 is 3.64. The summed E-state index contributed by atoms with van der Waals surface area (Å²) in [5.74, 6) is 0.443. The maximum atomic E-state index is 12.6. The number of rotatable bonds is 1. The van der Waals surface area contributed by atoms with Crippen LogP contribution >= 0.6 is 15.9 Å². The molecule has 20 heavy (non-hydrogen) atoms. The van der Waals surface area contributed by atoms with Crippen LogP contribution in [0.5, 0.6) is 0 Å². The highest BCUT2D eigenvalue weighted by atomic mass is 79.9. The third-order valence-corrected chi connectivity index (χ3v) is 5.11. The molecule has 2 heteroatoms. The molecule has 0 spiro atoms. The van der Waals surface area contributed by atoms with Crippen molar-refractivity contribution in [3.05, 3.63) is 68.7 Å². The van der Waals surface area contributed by atoms with Crippen molar-refractivity contribution in [3.63, 3.8) is 0 Å². The normalized spacial score (nSPS) is 21.1. The van der Waals surface area contributed by atoms with Gasteiger partial charge in [-0.3, -0.25) is 4.79 Å². The van der Waals surface area contributed by atoms with E-state index >= 15 is 0 Å². The van der Waals surface area contributed by atoms with E-state index in [9.17, 15) is 4.79 Å². The molecule has 0 aliphatic heterocycles. The maximum absolute atomic E-state index is 12.6. The van der Waals surface area contributed by atoms with Crippen molar-refractivity contribution >= 4 is 21.7 Å². The molecule has 2 atom stereocenters. The van der Waals surface area contributed by atoms with E-state index in [1.165, 1.54) is 16.7 Å². The van der Waals surface area contributed by atoms with Gasteiger partial charge in [-0.25, -0.2) is 0 Å². The van der Waals surface area contributed by atoms with Crippen molar-refractivity contribution in [2.24, 2.45) is 5.92 Å². The van der Waals surface area contributed by atoms with Crippen LogP contribution in [-0.4, -0.2) is 5.78 Å². The molecule has 0 saturated heterocycles. The number of carbonyl (C=O) groups is 1. The van der Waals surface area contributed by atoms with Crippen molar-refractivity contribution in [1.29, 1.82) is 0 Å². The zero-order chi connectivity index (χ0) is 14.4. The minimum absolute atomic E-state index is 0.00324. The minimum atomic E-state index is 0.00324. The van der Waals surface area contributed by atoms with E-state index in [1.54, 1.807) is 0 Å². The fourth-order valence-corrected chi connectivity index (χ4v) is 3.87. The van der Waals surface area contributed by atoms with E-state index in [4.69, 9.17) is 0 Å². The lowest BCUT2D eigenvalue weighted by molar-refractivity contribution is 0.0939. The van der Waals surface area contributed by atoms with Crippen molar-refractivity contribution in [2.75, 3.05) is 0 Å². The zero-order valence-electron chi connectivity index (χ0n) is 11.9. The number of aryl methyl sites for hydroxylation is 2. The largest absolute Gasteiger partial charge is 0.294 e. The molecule has 1 aliphatic carbocycles. The fourth-order valence-electron chi connectivity index (χ4n) is 3.34. The zero-order valence-corrected chi connectivity index (χ0v) is 13.5. The highest BCUT2D eigenvalue weighted by Crippen LogP contribution is 2.46. The van der Waals surface area contributed by atoms with E-state index in [0.29, 0.717) is 0 Å². The highest BCUT2D eigenvalue weighted by Gasteiger charge is 2.40. The third-order valence-electron chi connectivity index (χ3n) is 4.38. The van der Waals surface area contributed by atoms with Crippen LogP contribution in [0.4, 0.5) is 0 Å². The number of ketones is 1. The van der Waals surface area contributed by atoms with Gasteiger partial charge < -0.3 is 0 Å². The Kier molecular flexibility index (Phi) is 3.29. The molecule has 3 rings (SSSR count). The number of Topliss-reactive ketones (excluding diaryl/α,β-unsaturated/α-hetero) is 1. The van der Waals surface area contributed by atoms with Crippen molar-refractivity contribution in [1.82, 2.24) is 0 Å². The molecular weight excluding hydrogens is 312 g/mol. The molecule has 0 bridgehead atoms. The van der Waals surface area contributed by atoms with Crippen LogP contribution in [0, 0.1) is 19.8 Å². The second-order valence-electron chi connectivity index (χ2n) is 5.64. The number of halogens is 1. The van der Waals surface area contributed by atoms with Crippen LogP contribution < -0.4 is 0 Å². The quantitative estimate of drug-likeness (QED) is 0.717. The Morgan fingerprint density at radius 2 is 1.65 bits per heavy atom. The second kappa shape index (κ2) is 4.85. The summed E-state index contributed by atoms with van der Waals surface area (Å²) in [6.07, 6.45) is 0. The monoisotopic (exact) mass is 328 g/mol. The molecule has 0 amide bonds. The summed E-state index contributed by atoms with van der Waals surface area (Å²) < 4.78 is 1.08. The number of carbonyl (C=O) groups excluding carboxylic acids is 1. The topological polar surface area (TPSA) is 17.1 Å². The summed E-state index contributed by atoms with van der Waals surface area (Å²) in [4.78, 5) is 12.6. The molecule has 0 heterocycles. The average molecular weight is 329 g/mol. The Hall–Kier alpha value is -1.41. The number of hydrogen-bond acceptors (Lipinski definition) is 1. The van der Waals surface area contributed by atoms with Gasteiger partial charge in [0.25, 0.3) is 0 Å². The molecule has 2 unspecified atom stereocenters. The van der Waals surface area contributed by atoms with Gasteiger partial charge >= 0.3 is 0 Å². The number of fused-ring (bicyclic) bond motifs is 1. The van der Waals surface area contributed by atoms with Gasteiger partial charge in [0.05, 0.1) is 0 Å². The van der Waals surface area contributed by atoms with E-state index in [-0.39, 0.29) is 17.6 Å². The summed E-state index contributed by atoms with van der Waals surface area (Å²) in [7, 11) is 0. The molecule has 0 N–H and O–H groups in total. The molecule has 0 fully saturated rings. The summed E-state index contributed by atoms with van der Waals surface area (Å²) in [6.45, 7) is 6.18. The van der Waals surface area contributed by atoms with Crippen molar-refractivity contribution in [3.8, 4) is 0 Å². The first-order chi connectivity index (χ1) is 9.52. The van der Waals surface area contributed by atoms with Gasteiger partial charge in [0.1, 0.15) is 0 Å². The second-order valence-corrected chi connectivity index (χ2v) is 6.49. The Morgan fingerprint density at radius 3 is 2.35 bits per heavy atom. The fraction of sp³-hybridized carbons (Fsp3) is 0.278. The SMILES string of the molecule is Cc1ccc(C)c2c1C(=O)C(C)C2c1ccccc1Br. The molecule has 0 saturated carbocycles. The van der Waals surface area contributed by atoms with Gasteiger partial charge in [-0.2, -0.15) is 0 Å². The molecule has 1 nitrogen and oxygen atoms in total. The van der Waals surface area contributed by atoms with Crippen LogP contribution in [0.15, 0.2) is 40.9 Å². The minimum Gasteiger partial charge on any atom is -0.294 e. The standard InChI is InChI=1S/C18H17BrO/c1-10-8-9-11(2)16-15(10)17(12(3)18(16)20)13-6-4-5-7-14(13)19/h4-9,12,17H,1-3H3. The molecule has 1 aliphatic rings. The van der Waals surface area contributed by atoms with Crippen LogP contribution in [0.25, 0.3) is 0 Å². The maximum Gasteiger partial charge on any atom is 0.167 e. The van der Waals surface area contributed by atoms with Crippen molar-refractivity contribution < 1.29 is 4.79 Å². The van der Waals surface area contributed by atoms with Crippen LogP contribution in [-0.2, 0) is 0 Å². The van der Waals surface area contributed by atoms with Crippen LogP contribution in [0.3, 0.4) is 0 Å². The summed E-state index contributed by atoms with van der Waals surface area (Å²) in [5, 5.41) is 0. The van der Waals surface area contributed by atoms with E-state index in [1.807, 2.05) is 26.0 Å². The Balaban J connectivity index is 2.29. The third kappa shape index (κ3) is 1.86. The Bertz CT molecular complexity index is 703. The molecule has 102 valence electrons. The van der Waals surface area contributed by atoms with E-state index < -0.39 is 0 Å². The molecular formula is C18H17BrO. The van der Waals surface area contributed by atoms with E-state index in [0.717, 1.165) is 15.6 Å². The lowest BCUT2D eigenvalue weighted by Crippen LogP contribution is -2.11. The van der Waals surface area contributed by atoms with E-state index in [2.05, 4.69) is 47.1 Å². The van der Waals surface area contributed by atoms with Gasteiger partial charge in [-0.05, 0) is 42.2 Å². The number of hydrogen-bond donors (Lipinski definition) is 0.